The van der Waals surface area contributed by atoms with Gasteiger partial charge in [0.2, 0.25) is 11.7 Å². The van der Waals surface area contributed by atoms with Gasteiger partial charge in [-0.1, -0.05) is 0 Å². The van der Waals surface area contributed by atoms with Crippen molar-refractivity contribution in [1.82, 2.24) is 4.90 Å². The number of carbonyl (C=O) groups is 3. The first kappa shape index (κ1) is 23.4. The zero-order valence-corrected chi connectivity index (χ0v) is 19.5. The van der Waals surface area contributed by atoms with Crippen LogP contribution in [0.25, 0.3) is 0 Å². The van der Waals surface area contributed by atoms with Gasteiger partial charge in [0, 0.05) is 23.9 Å². The van der Waals surface area contributed by atoms with E-state index in [4.69, 9.17) is 18.9 Å². The van der Waals surface area contributed by atoms with E-state index in [1.165, 1.54) is 51.7 Å². The average molecular weight is 463 g/mol. The van der Waals surface area contributed by atoms with Crippen LogP contribution >= 0.6 is 11.3 Å². The molecule has 0 radical (unpaired) electrons. The Balaban J connectivity index is 1.99. The molecule has 0 bridgehead atoms. The van der Waals surface area contributed by atoms with Crippen LogP contribution in [0.5, 0.6) is 17.2 Å². The van der Waals surface area contributed by atoms with E-state index in [9.17, 15) is 14.4 Å². The Morgan fingerprint density at radius 1 is 1.09 bits per heavy atom. The monoisotopic (exact) mass is 462 g/mol. The fraction of sp³-hybridized carbons (Fsp3) is 0.409. The lowest BCUT2D eigenvalue weighted by atomic mass is 10.0. The number of hydrogen-bond acceptors (Lipinski definition) is 8. The van der Waals surface area contributed by atoms with Crippen molar-refractivity contribution >= 4 is 34.1 Å². The van der Waals surface area contributed by atoms with Gasteiger partial charge in [0.15, 0.2) is 11.5 Å². The minimum absolute atomic E-state index is 0.0373. The number of nitrogens with zero attached hydrogens (tertiary/aromatic N) is 1. The molecule has 1 aromatic carbocycles. The molecular formula is C22H26N2O7S. The molecule has 2 aromatic rings. The highest BCUT2D eigenvalue weighted by Gasteiger charge is 2.30. The van der Waals surface area contributed by atoms with Gasteiger partial charge in [-0.15, -0.1) is 11.3 Å². The van der Waals surface area contributed by atoms with Crippen LogP contribution in [0.2, 0.25) is 0 Å². The Kier molecular flexibility index (Phi) is 7.24. The average Bonchev–Trinajstić information content (AvgIpc) is 3.14. The number of benzene rings is 1. The number of hydrogen-bond donors (Lipinski definition) is 1. The van der Waals surface area contributed by atoms with Gasteiger partial charge in [0.05, 0.1) is 40.0 Å². The molecule has 1 aromatic heterocycles. The fourth-order valence-corrected chi connectivity index (χ4v) is 4.81. The molecule has 1 aliphatic rings. The second-order valence-electron chi connectivity index (χ2n) is 6.99. The van der Waals surface area contributed by atoms with E-state index >= 15 is 0 Å². The lowest BCUT2D eigenvalue weighted by Gasteiger charge is -2.25. The molecular weight excluding hydrogens is 436 g/mol. The fourth-order valence-electron chi connectivity index (χ4n) is 3.57. The number of thiophene rings is 1. The highest BCUT2D eigenvalue weighted by Crippen LogP contribution is 2.40. The standard InChI is InChI=1S/C22H26N2O7S/c1-6-31-22(27)18-14-7-8-24(12(2)25)11-17(14)32-21(18)23-20(26)13-9-15(28-3)19(30-5)16(10-13)29-4/h9-10H,6-8,11H2,1-5H3,(H,23,26). The van der Waals surface area contributed by atoms with Crippen molar-refractivity contribution in [2.75, 3.05) is 39.8 Å². The quantitative estimate of drug-likeness (QED) is 0.631. The Labute approximate surface area is 190 Å². The number of carbonyl (C=O) groups excluding carboxylic acids is 3. The van der Waals surface area contributed by atoms with Gasteiger partial charge in [-0.3, -0.25) is 9.59 Å². The number of ether oxygens (including phenoxy) is 4. The first-order valence-electron chi connectivity index (χ1n) is 10.0. The van der Waals surface area contributed by atoms with E-state index in [-0.39, 0.29) is 18.1 Å². The summed E-state index contributed by atoms with van der Waals surface area (Å²) in [5, 5.41) is 3.22. The SMILES string of the molecule is CCOC(=O)c1c(NC(=O)c2cc(OC)c(OC)c(OC)c2)sc2c1CCN(C(C)=O)C2. The normalized spacial score (nSPS) is 12.6. The second-order valence-corrected chi connectivity index (χ2v) is 8.09. The molecule has 0 saturated carbocycles. The maximum absolute atomic E-state index is 13.1. The third kappa shape index (κ3) is 4.50. The summed E-state index contributed by atoms with van der Waals surface area (Å²) in [5.41, 5.74) is 1.42. The molecule has 1 aliphatic heterocycles. The van der Waals surface area contributed by atoms with Gasteiger partial charge in [-0.05, 0) is 31.0 Å². The van der Waals surface area contributed by atoms with E-state index in [2.05, 4.69) is 5.32 Å². The third-order valence-electron chi connectivity index (χ3n) is 5.14. The molecule has 0 unspecified atom stereocenters. The molecule has 0 fully saturated rings. The molecule has 10 heteroatoms. The number of rotatable bonds is 7. The summed E-state index contributed by atoms with van der Waals surface area (Å²) in [5.74, 6) is 0.0630. The minimum Gasteiger partial charge on any atom is -0.493 e. The zero-order valence-electron chi connectivity index (χ0n) is 18.7. The molecule has 1 N–H and O–H groups in total. The van der Waals surface area contributed by atoms with Crippen molar-refractivity contribution in [2.24, 2.45) is 0 Å². The van der Waals surface area contributed by atoms with Gasteiger partial charge >= 0.3 is 5.97 Å². The Morgan fingerprint density at radius 3 is 2.28 bits per heavy atom. The van der Waals surface area contributed by atoms with E-state index in [0.29, 0.717) is 47.3 Å². The van der Waals surface area contributed by atoms with Gasteiger partial charge in [0.1, 0.15) is 5.00 Å². The van der Waals surface area contributed by atoms with E-state index < -0.39 is 11.9 Å². The van der Waals surface area contributed by atoms with Crippen molar-refractivity contribution < 1.29 is 33.3 Å². The highest BCUT2D eigenvalue weighted by atomic mass is 32.1. The first-order valence-corrected chi connectivity index (χ1v) is 10.8. The summed E-state index contributed by atoms with van der Waals surface area (Å²) in [4.78, 5) is 40.2. The molecule has 2 heterocycles. The van der Waals surface area contributed by atoms with Crippen molar-refractivity contribution in [3.63, 3.8) is 0 Å². The van der Waals surface area contributed by atoms with Crippen LogP contribution in [-0.4, -0.2) is 57.2 Å². The maximum Gasteiger partial charge on any atom is 0.341 e. The van der Waals surface area contributed by atoms with Gasteiger partial charge in [-0.2, -0.15) is 0 Å². The molecule has 0 spiro atoms. The summed E-state index contributed by atoms with van der Waals surface area (Å²) >= 11 is 1.27. The number of anilines is 1. The first-order chi connectivity index (χ1) is 15.3. The predicted octanol–water partition coefficient (Wildman–Crippen LogP) is 3.11. The molecule has 32 heavy (non-hydrogen) atoms. The smallest absolute Gasteiger partial charge is 0.341 e. The summed E-state index contributed by atoms with van der Waals surface area (Å²) in [6.07, 6.45) is 0.514. The van der Waals surface area contributed by atoms with Crippen LogP contribution in [0.4, 0.5) is 5.00 Å². The number of methoxy groups -OCH3 is 3. The van der Waals surface area contributed by atoms with Crippen LogP contribution in [0.1, 0.15) is 45.0 Å². The molecule has 0 saturated heterocycles. The van der Waals surface area contributed by atoms with E-state index in [1.54, 1.807) is 11.8 Å². The molecule has 0 atom stereocenters. The van der Waals surface area contributed by atoms with E-state index in [0.717, 1.165) is 10.4 Å². The lowest BCUT2D eigenvalue weighted by molar-refractivity contribution is -0.129. The van der Waals surface area contributed by atoms with Crippen molar-refractivity contribution in [3.05, 3.63) is 33.7 Å². The van der Waals surface area contributed by atoms with Crippen LogP contribution in [0, 0.1) is 0 Å². The van der Waals surface area contributed by atoms with Crippen LogP contribution in [-0.2, 0) is 22.5 Å². The number of nitrogens with one attached hydrogen (secondary N) is 1. The maximum atomic E-state index is 13.1. The largest absolute Gasteiger partial charge is 0.493 e. The predicted molar refractivity (Wildman–Crippen MR) is 119 cm³/mol. The van der Waals surface area contributed by atoms with Crippen molar-refractivity contribution in [2.45, 2.75) is 26.8 Å². The second kappa shape index (κ2) is 9.90. The van der Waals surface area contributed by atoms with Crippen molar-refractivity contribution in [3.8, 4) is 17.2 Å². The zero-order chi connectivity index (χ0) is 23.4. The number of amides is 2. The van der Waals surface area contributed by atoms with Gasteiger partial charge in [0.25, 0.3) is 5.91 Å². The van der Waals surface area contributed by atoms with Crippen molar-refractivity contribution in [1.29, 1.82) is 0 Å². The van der Waals surface area contributed by atoms with E-state index in [1.807, 2.05) is 0 Å². The molecule has 0 aliphatic carbocycles. The molecule has 9 nitrogen and oxygen atoms in total. The topological polar surface area (TPSA) is 103 Å². The van der Waals surface area contributed by atoms with Crippen LogP contribution < -0.4 is 19.5 Å². The van der Waals surface area contributed by atoms with Crippen LogP contribution in [0.3, 0.4) is 0 Å². The molecule has 2 amide bonds. The summed E-state index contributed by atoms with van der Waals surface area (Å²) < 4.78 is 21.2. The summed E-state index contributed by atoms with van der Waals surface area (Å²) in [6.45, 7) is 4.34. The number of fused-ring (bicyclic) bond motifs is 1. The van der Waals surface area contributed by atoms with Gasteiger partial charge < -0.3 is 29.2 Å². The Bertz CT molecular complexity index is 1020. The van der Waals surface area contributed by atoms with Gasteiger partial charge in [-0.25, -0.2) is 4.79 Å². The highest BCUT2D eigenvalue weighted by molar-refractivity contribution is 7.17. The Morgan fingerprint density at radius 2 is 1.75 bits per heavy atom. The number of esters is 1. The van der Waals surface area contributed by atoms with Crippen LogP contribution in [0.15, 0.2) is 12.1 Å². The molecule has 3 rings (SSSR count). The third-order valence-corrected chi connectivity index (χ3v) is 6.27. The minimum atomic E-state index is -0.499. The molecule has 172 valence electrons. The lowest BCUT2D eigenvalue weighted by Crippen LogP contribution is -2.34. The summed E-state index contributed by atoms with van der Waals surface area (Å²) in [6, 6.07) is 3.07. The Hall–Kier alpha value is -3.27. The summed E-state index contributed by atoms with van der Waals surface area (Å²) in [7, 11) is 4.41.